The van der Waals surface area contributed by atoms with Gasteiger partial charge in [-0.3, -0.25) is 10.2 Å². The Morgan fingerprint density at radius 1 is 1.12 bits per heavy atom. The van der Waals surface area contributed by atoms with Crippen LogP contribution in [0.5, 0.6) is 0 Å². The highest BCUT2D eigenvalue weighted by Gasteiger charge is 2.39. The number of amides is 1. The summed E-state index contributed by atoms with van der Waals surface area (Å²) in [6.07, 6.45) is 0.0558. The van der Waals surface area contributed by atoms with Crippen LogP contribution in [0.15, 0.2) is 82.8 Å². The molecule has 4 N–H and O–H groups in total. The maximum atomic E-state index is 13.1. The molecule has 3 saturated heterocycles. The zero-order chi connectivity index (χ0) is 28.9. The summed E-state index contributed by atoms with van der Waals surface area (Å²) in [7, 11) is 0. The van der Waals surface area contributed by atoms with Crippen molar-refractivity contribution in [2.75, 3.05) is 23.3 Å². The molecule has 3 aromatic rings. The van der Waals surface area contributed by atoms with E-state index in [1.807, 2.05) is 62.4 Å². The molecule has 0 spiro atoms. The third-order valence-electron chi connectivity index (χ3n) is 6.90. The van der Waals surface area contributed by atoms with Crippen molar-refractivity contribution >= 4 is 34.9 Å². The van der Waals surface area contributed by atoms with Crippen LogP contribution in [0.2, 0.25) is 0 Å². The van der Waals surface area contributed by atoms with Crippen molar-refractivity contribution in [1.82, 2.24) is 0 Å². The molecule has 0 radical (unpaired) electrons. The second-order valence-corrected chi connectivity index (χ2v) is 9.52. The SMILES string of the molecule is CC.N#Cc1ccc(C(=N)O/C(N)=N/C2N=C(c3ccccc3)c3ccccc3NC2=O)c(N2CC3CC(C2)O3)c1. The summed E-state index contributed by atoms with van der Waals surface area (Å²) in [6.45, 7) is 5.32. The van der Waals surface area contributed by atoms with Gasteiger partial charge in [-0.1, -0.05) is 62.4 Å². The number of ether oxygens (including phenoxy) is 2. The number of carbonyl (C=O) groups is 1. The molecular formula is C31H31N7O3. The molecule has 7 rings (SSSR count). The van der Waals surface area contributed by atoms with Crippen molar-refractivity contribution < 1.29 is 14.3 Å². The molecule has 4 aliphatic rings. The lowest BCUT2D eigenvalue weighted by Crippen LogP contribution is -2.57. The summed E-state index contributed by atoms with van der Waals surface area (Å²) >= 11 is 0. The van der Waals surface area contributed by atoms with E-state index in [2.05, 4.69) is 26.3 Å². The van der Waals surface area contributed by atoms with Gasteiger partial charge in [-0.25, -0.2) is 4.99 Å². The summed E-state index contributed by atoms with van der Waals surface area (Å²) in [5.41, 5.74) is 10.5. The summed E-state index contributed by atoms with van der Waals surface area (Å²) in [5.74, 6) is -0.724. The van der Waals surface area contributed by atoms with Crippen LogP contribution < -0.4 is 16.0 Å². The van der Waals surface area contributed by atoms with Crippen molar-refractivity contribution in [3.63, 3.8) is 0 Å². The van der Waals surface area contributed by atoms with E-state index in [0.29, 0.717) is 41.3 Å². The minimum atomic E-state index is -1.23. The molecule has 0 saturated carbocycles. The van der Waals surface area contributed by atoms with Crippen molar-refractivity contribution in [2.24, 2.45) is 15.7 Å². The van der Waals surface area contributed by atoms with Crippen LogP contribution in [-0.2, 0) is 14.3 Å². The molecule has 0 aromatic heterocycles. The van der Waals surface area contributed by atoms with Crippen LogP contribution in [-0.4, -0.2) is 55.0 Å². The van der Waals surface area contributed by atoms with E-state index in [0.717, 1.165) is 17.5 Å². The van der Waals surface area contributed by atoms with Gasteiger partial charge in [-0.15, -0.1) is 0 Å². The van der Waals surface area contributed by atoms with E-state index in [1.165, 1.54) is 0 Å². The van der Waals surface area contributed by atoms with Gasteiger partial charge in [-0.2, -0.15) is 10.3 Å². The Kier molecular flexibility index (Phi) is 8.08. The number of nitrogens with two attached hydrogens (primary N) is 1. The Morgan fingerprint density at radius 2 is 1.80 bits per heavy atom. The Bertz CT molecular complexity index is 1550. The minimum Gasteiger partial charge on any atom is -0.407 e. The first-order chi connectivity index (χ1) is 20.0. The highest BCUT2D eigenvalue weighted by molar-refractivity contribution is 6.19. The molecule has 4 aliphatic heterocycles. The average Bonchev–Trinajstić information content (AvgIpc) is 3.13. The number of carbonyl (C=O) groups excluding carboxylic acids is 1. The lowest BCUT2D eigenvalue weighted by Gasteiger charge is -2.48. The average molecular weight is 550 g/mol. The number of nitrogens with one attached hydrogen (secondary N) is 2. The van der Waals surface area contributed by atoms with E-state index < -0.39 is 12.1 Å². The zero-order valence-electron chi connectivity index (χ0n) is 22.9. The van der Waals surface area contributed by atoms with Gasteiger partial charge in [0, 0.05) is 30.6 Å². The quantitative estimate of drug-likeness (QED) is 0.330. The first-order valence-corrected chi connectivity index (χ1v) is 13.6. The summed E-state index contributed by atoms with van der Waals surface area (Å²) in [4.78, 5) is 24.1. The number of fused-ring (bicyclic) bond motifs is 3. The Hall–Kier alpha value is -5.01. The number of piperidine rings is 1. The number of rotatable bonds is 4. The number of hydrogen-bond acceptors (Lipinski definition) is 8. The van der Waals surface area contributed by atoms with Gasteiger partial charge in [0.1, 0.15) is 0 Å². The number of hydrogen-bond donors (Lipinski definition) is 3. The Balaban J connectivity index is 0.00000165. The molecule has 3 unspecified atom stereocenters. The third-order valence-corrected chi connectivity index (χ3v) is 6.90. The van der Waals surface area contributed by atoms with Crippen LogP contribution in [0.4, 0.5) is 11.4 Å². The van der Waals surface area contributed by atoms with Crippen LogP contribution in [0.1, 0.15) is 42.5 Å². The van der Waals surface area contributed by atoms with E-state index in [1.54, 1.807) is 24.3 Å². The summed E-state index contributed by atoms with van der Waals surface area (Å²) < 4.78 is 11.3. The monoisotopic (exact) mass is 549 g/mol. The maximum Gasteiger partial charge on any atom is 0.291 e. The third kappa shape index (κ3) is 5.81. The molecule has 3 fully saturated rings. The lowest BCUT2D eigenvalue weighted by molar-refractivity contribution is -0.133. The second-order valence-electron chi connectivity index (χ2n) is 9.52. The fourth-order valence-corrected chi connectivity index (χ4v) is 5.07. The summed E-state index contributed by atoms with van der Waals surface area (Å²) in [6, 6.07) is 23.7. The summed E-state index contributed by atoms with van der Waals surface area (Å²) in [5, 5.41) is 20.9. The topological polar surface area (TPSA) is 149 Å². The molecule has 0 aliphatic carbocycles. The first kappa shape index (κ1) is 27.6. The Morgan fingerprint density at radius 3 is 2.51 bits per heavy atom. The molecule has 41 heavy (non-hydrogen) atoms. The number of morpholine rings is 1. The molecule has 4 heterocycles. The molecule has 10 nitrogen and oxygen atoms in total. The largest absolute Gasteiger partial charge is 0.407 e. The Labute approximate surface area is 238 Å². The van der Waals surface area contributed by atoms with Crippen LogP contribution in [0.25, 0.3) is 0 Å². The van der Waals surface area contributed by atoms with Gasteiger partial charge >= 0.3 is 0 Å². The van der Waals surface area contributed by atoms with Crippen LogP contribution >= 0.6 is 0 Å². The standard InChI is InChI=1S/C29H25N7O3.C2H6/c30-14-17-10-11-22(24(12-17)36-15-19-13-20(16-36)38-19)26(31)39-29(32)35-27-28(37)33-23-9-5-4-8-21(23)25(34-27)18-6-2-1-3-7-18;1-2/h1-12,19-20,27,31H,13,15-16H2,(H2,32,35)(H,33,37);1-2H3. The number of para-hydroxylation sites is 1. The molecule has 1 amide bonds. The predicted octanol–water partition coefficient (Wildman–Crippen LogP) is 4.03. The molecule has 2 bridgehead atoms. The highest BCUT2D eigenvalue weighted by Crippen LogP contribution is 2.33. The van der Waals surface area contributed by atoms with Crippen molar-refractivity contribution in [3.05, 3.63) is 95.1 Å². The number of benzodiazepines with no additional fused rings is 1. The minimum absolute atomic E-state index is 0.138. The normalized spacial score (nSPS) is 21.0. The van der Waals surface area contributed by atoms with Crippen molar-refractivity contribution in [2.45, 2.75) is 38.6 Å². The van der Waals surface area contributed by atoms with E-state index in [-0.39, 0.29) is 24.1 Å². The number of nitrogens with zero attached hydrogens (tertiary/aromatic N) is 4. The highest BCUT2D eigenvalue weighted by atomic mass is 16.5. The van der Waals surface area contributed by atoms with Gasteiger partial charge in [0.25, 0.3) is 11.9 Å². The molecule has 3 aromatic carbocycles. The predicted molar refractivity (Wildman–Crippen MR) is 158 cm³/mol. The van der Waals surface area contributed by atoms with Crippen molar-refractivity contribution in [1.29, 1.82) is 10.7 Å². The van der Waals surface area contributed by atoms with E-state index in [9.17, 15) is 10.1 Å². The van der Waals surface area contributed by atoms with Crippen molar-refractivity contribution in [3.8, 4) is 6.07 Å². The van der Waals surface area contributed by atoms with E-state index >= 15 is 0 Å². The number of nitriles is 1. The lowest BCUT2D eigenvalue weighted by atomic mass is 9.97. The first-order valence-electron chi connectivity index (χ1n) is 13.6. The smallest absolute Gasteiger partial charge is 0.291 e. The number of benzene rings is 3. The van der Waals surface area contributed by atoms with Crippen LogP contribution in [0, 0.1) is 16.7 Å². The fraction of sp³-hybridized carbons (Fsp3) is 0.258. The fourth-order valence-electron chi connectivity index (χ4n) is 5.07. The molecule has 3 atom stereocenters. The zero-order valence-corrected chi connectivity index (χ0v) is 22.9. The number of anilines is 2. The van der Waals surface area contributed by atoms with Crippen LogP contribution in [0.3, 0.4) is 0 Å². The second kappa shape index (κ2) is 12.0. The molecular weight excluding hydrogens is 518 g/mol. The van der Waals surface area contributed by atoms with E-state index in [4.69, 9.17) is 20.6 Å². The van der Waals surface area contributed by atoms with Gasteiger partial charge in [-0.05, 0) is 24.3 Å². The number of aliphatic imine (C=N–C) groups is 2. The number of amidine groups is 1. The van der Waals surface area contributed by atoms with Gasteiger partial charge < -0.3 is 25.4 Å². The molecule has 10 heteroatoms. The van der Waals surface area contributed by atoms with Gasteiger partial charge in [0.15, 0.2) is 0 Å². The van der Waals surface area contributed by atoms with Gasteiger partial charge in [0.05, 0.1) is 46.5 Å². The van der Waals surface area contributed by atoms with Gasteiger partial charge in [0.2, 0.25) is 12.1 Å². The maximum absolute atomic E-state index is 13.1. The molecule has 208 valence electrons.